The Morgan fingerprint density at radius 2 is 0.579 bits per heavy atom. The predicted octanol–water partition coefficient (Wildman–Crippen LogP) is 16.4. The van der Waals surface area contributed by atoms with Crippen LogP contribution in [0, 0.1) is 0 Å². The van der Waals surface area contributed by atoms with Crippen molar-refractivity contribution in [3.63, 3.8) is 0 Å². The fraction of sp³-hybridized carbons (Fsp3) is 0. The van der Waals surface area contributed by atoms with Crippen LogP contribution in [0.1, 0.15) is 0 Å². The summed E-state index contributed by atoms with van der Waals surface area (Å²) < 4.78 is 2.64. The first-order chi connectivity index (χ1) is 28.3. The number of rotatable bonds is 6. The lowest BCUT2D eigenvalue weighted by Gasteiger charge is -2.19. The molecule has 1 heteroatoms. The molecule has 0 aliphatic carbocycles. The maximum Gasteiger partial charge on any atom is 0.0434 e. The first kappa shape index (κ1) is 33.3. The van der Waals surface area contributed by atoms with Crippen LogP contribution in [-0.4, -0.2) is 0 Å². The van der Waals surface area contributed by atoms with Crippen molar-refractivity contribution in [2.75, 3.05) is 0 Å². The van der Waals surface area contributed by atoms with Crippen LogP contribution in [0.25, 0.3) is 108 Å². The standard InChI is InChI=1S/C56H36S/c1-4-16-37(17-5-1)40-22-12-24-43(34-40)45-28-14-30-50-51-31-15-29-46(56(51)57-55(45)50)44-25-13-23-41(35-44)42-32-33-49-52(36-42)54(39-20-8-3-9-21-39)48-27-11-10-26-47(48)53(49)38-18-6-2-7-19-38/h1-36H. The van der Waals surface area contributed by atoms with Crippen molar-refractivity contribution >= 4 is 53.1 Å². The molecule has 11 rings (SSSR count). The van der Waals surface area contributed by atoms with Crippen molar-refractivity contribution in [1.82, 2.24) is 0 Å². The first-order valence-electron chi connectivity index (χ1n) is 19.6. The maximum absolute atomic E-state index is 2.42. The fourth-order valence-electron chi connectivity index (χ4n) is 8.83. The van der Waals surface area contributed by atoms with Crippen LogP contribution in [0.15, 0.2) is 218 Å². The smallest absolute Gasteiger partial charge is 0.0434 e. The third-order valence-electron chi connectivity index (χ3n) is 11.5. The van der Waals surface area contributed by atoms with Gasteiger partial charge >= 0.3 is 0 Å². The molecule has 57 heavy (non-hydrogen) atoms. The molecule has 0 fully saturated rings. The second-order valence-electron chi connectivity index (χ2n) is 14.8. The van der Waals surface area contributed by atoms with Gasteiger partial charge in [0.05, 0.1) is 0 Å². The minimum Gasteiger partial charge on any atom is -0.134 e. The lowest BCUT2D eigenvalue weighted by molar-refractivity contribution is 1.61. The summed E-state index contributed by atoms with van der Waals surface area (Å²) in [7, 11) is 0. The zero-order valence-corrected chi connectivity index (χ0v) is 32.0. The van der Waals surface area contributed by atoms with E-state index in [-0.39, 0.29) is 0 Å². The molecule has 266 valence electrons. The number of fused-ring (bicyclic) bond motifs is 5. The molecule has 0 bridgehead atoms. The third kappa shape index (κ3) is 5.75. The Morgan fingerprint density at radius 3 is 1.12 bits per heavy atom. The van der Waals surface area contributed by atoms with Gasteiger partial charge in [-0.1, -0.05) is 200 Å². The fourth-order valence-corrected chi connectivity index (χ4v) is 10.2. The van der Waals surface area contributed by atoms with Gasteiger partial charge in [0, 0.05) is 20.2 Å². The van der Waals surface area contributed by atoms with Gasteiger partial charge in [-0.2, -0.15) is 0 Å². The molecule has 1 aromatic heterocycles. The van der Waals surface area contributed by atoms with Crippen LogP contribution in [0.5, 0.6) is 0 Å². The summed E-state index contributed by atoms with van der Waals surface area (Å²) in [5, 5.41) is 7.67. The van der Waals surface area contributed by atoms with E-state index in [0.29, 0.717) is 0 Å². The molecule has 1 heterocycles. The van der Waals surface area contributed by atoms with E-state index in [2.05, 4.69) is 218 Å². The molecule has 0 saturated carbocycles. The van der Waals surface area contributed by atoms with E-state index in [9.17, 15) is 0 Å². The van der Waals surface area contributed by atoms with Crippen molar-refractivity contribution < 1.29 is 0 Å². The van der Waals surface area contributed by atoms with E-state index in [1.165, 1.54) is 108 Å². The van der Waals surface area contributed by atoms with Crippen LogP contribution < -0.4 is 0 Å². The highest BCUT2D eigenvalue weighted by Crippen LogP contribution is 2.47. The van der Waals surface area contributed by atoms with E-state index >= 15 is 0 Å². The molecule has 10 aromatic carbocycles. The molecule has 0 unspecified atom stereocenters. The Labute approximate surface area is 336 Å². The van der Waals surface area contributed by atoms with E-state index in [1.54, 1.807) is 0 Å². The van der Waals surface area contributed by atoms with Crippen molar-refractivity contribution in [3.05, 3.63) is 218 Å². The Bertz CT molecular complexity index is 3270. The summed E-state index contributed by atoms with van der Waals surface area (Å²) >= 11 is 1.91. The molecule has 0 saturated heterocycles. The molecule has 0 N–H and O–H groups in total. The van der Waals surface area contributed by atoms with Gasteiger partial charge in [0.15, 0.2) is 0 Å². The highest BCUT2D eigenvalue weighted by molar-refractivity contribution is 7.26. The number of benzene rings is 10. The van der Waals surface area contributed by atoms with Crippen molar-refractivity contribution in [2.24, 2.45) is 0 Å². The van der Waals surface area contributed by atoms with Gasteiger partial charge in [-0.25, -0.2) is 0 Å². The van der Waals surface area contributed by atoms with Gasteiger partial charge in [-0.15, -0.1) is 11.3 Å². The Kier molecular flexibility index (Phi) is 8.12. The monoisotopic (exact) mass is 740 g/mol. The SMILES string of the molecule is c1ccc(-c2cccc(-c3cccc4c3sc3c(-c5cccc(-c6ccc7c(-c8ccccc8)c8ccccc8c(-c8ccccc8)c7c6)c5)cccc34)c2)cc1. The molecule has 0 amide bonds. The van der Waals surface area contributed by atoms with Crippen LogP contribution >= 0.6 is 11.3 Å². The minimum absolute atomic E-state index is 1.21. The van der Waals surface area contributed by atoms with Crippen LogP contribution in [0.3, 0.4) is 0 Å². The largest absolute Gasteiger partial charge is 0.134 e. The minimum atomic E-state index is 1.21. The lowest BCUT2D eigenvalue weighted by Crippen LogP contribution is -1.91. The Hall–Kier alpha value is -7.06. The average molecular weight is 741 g/mol. The first-order valence-corrected chi connectivity index (χ1v) is 20.4. The lowest BCUT2D eigenvalue weighted by atomic mass is 9.85. The van der Waals surface area contributed by atoms with E-state index < -0.39 is 0 Å². The molecule has 0 atom stereocenters. The highest BCUT2D eigenvalue weighted by atomic mass is 32.1. The molecule has 11 aromatic rings. The van der Waals surface area contributed by atoms with Gasteiger partial charge in [0.25, 0.3) is 0 Å². The molecule has 0 aliphatic rings. The molecular weight excluding hydrogens is 705 g/mol. The van der Waals surface area contributed by atoms with Crippen molar-refractivity contribution in [2.45, 2.75) is 0 Å². The van der Waals surface area contributed by atoms with Crippen molar-refractivity contribution in [1.29, 1.82) is 0 Å². The van der Waals surface area contributed by atoms with Gasteiger partial charge < -0.3 is 0 Å². The van der Waals surface area contributed by atoms with Crippen LogP contribution in [0.4, 0.5) is 0 Å². The number of hydrogen-bond donors (Lipinski definition) is 0. The third-order valence-corrected chi connectivity index (χ3v) is 12.7. The van der Waals surface area contributed by atoms with Crippen molar-refractivity contribution in [3.8, 4) is 66.8 Å². The summed E-state index contributed by atoms with van der Waals surface area (Å²) in [6, 6.07) is 80.0. The summed E-state index contributed by atoms with van der Waals surface area (Å²) in [6.45, 7) is 0. The number of hydrogen-bond acceptors (Lipinski definition) is 1. The normalized spacial score (nSPS) is 11.5. The molecule has 0 nitrogen and oxygen atoms in total. The quantitative estimate of drug-likeness (QED) is 0.149. The predicted molar refractivity (Wildman–Crippen MR) is 247 cm³/mol. The van der Waals surface area contributed by atoms with Crippen LogP contribution in [0.2, 0.25) is 0 Å². The Balaban J connectivity index is 1.07. The topological polar surface area (TPSA) is 0 Å². The zero-order valence-electron chi connectivity index (χ0n) is 31.2. The second kappa shape index (κ2) is 13.9. The summed E-state index contributed by atoms with van der Waals surface area (Å²) in [4.78, 5) is 0. The molecule has 0 spiro atoms. The van der Waals surface area contributed by atoms with Gasteiger partial charge in [0.1, 0.15) is 0 Å². The Morgan fingerprint density at radius 1 is 0.211 bits per heavy atom. The molecular formula is C56H36S. The van der Waals surface area contributed by atoms with Crippen LogP contribution in [-0.2, 0) is 0 Å². The average Bonchev–Trinajstić information content (AvgIpc) is 3.68. The summed E-state index contributed by atoms with van der Waals surface area (Å²) in [5.74, 6) is 0. The highest BCUT2D eigenvalue weighted by Gasteiger charge is 2.18. The van der Waals surface area contributed by atoms with Gasteiger partial charge in [-0.3, -0.25) is 0 Å². The summed E-state index contributed by atoms with van der Waals surface area (Å²) in [5.41, 5.74) is 14.9. The molecule has 0 radical (unpaired) electrons. The van der Waals surface area contributed by atoms with Gasteiger partial charge in [0.2, 0.25) is 0 Å². The maximum atomic E-state index is 2.42. The number of thiophene rings is 1. The van der Waals surface area contributed by atoms with Gasteiger partial charge in [-0.05, 0) is 107 Å². The summed E-state index contributed by atoms with van der Waals surface area (Å²) in [6.07, 6.45) is 0. The molecule has 0 aliphatic heterocycles. The van der Waals surface area contributed by atoms with E-state index in [1.807, 2.05) is 11.3 Å². The zero-order chi connectivity index (χ0) is 37.7. The second-order valence-corrected chi connectivity index (χ2v) is 15.8. The van der Waals surface area contributed by atoms with E-state index in [4.69, 9.17) is 0 Å². The van der Waals surface area contributed by atoms with E-state index in [0.717, 1.165) is 0 Å².